The van der Waals surface area contributed by atoms with Crippen LogP contribution in [0.25, 0.3) is 0 Å². The molecule has 2 heterocycles. The first-order valence-corrected chi connectivity index (χ1v) is 8.51. The summed E-state index contributed by atoms with van der Waals surface area (Å²) in [7, 11) is 0. The van der Waals surface area contributed by atoms with Crippen molar-refractivity contribution in [3.63, 3.8) is 0 Å². The van der Waals surface area contributed by atoms with Crippen molar-refractivity contribution in [1.82, 2.24) is 15.3 Å². The van der Waals surface area contributed by atoms with Crippen LogP contribution in [0.2, 0.25) is 0 Å². The Morgan fingerprint density at radius 2 is 1.92 bits per heavy atom. The van der Waals surface area contributed by atoms with Crippen LogP contribution in [0, 0.1) is 6.92 Å². The number of para-hydroxylation sites is 1. The van der Waals surface area contributed by atoms with Crippen molar-refractivity contribution in [3.8, 4) is 0 Å². The molecule has 0 unspecified atom stereocenters. The van der Waals surface area contributed by atoms with Gasteiger partial charge >= 0.3 is 6.03 Å². The largest absolute Gasteiger partial charge is 0.339 e. The van der Waals surface area contributed by atoms with Gasteiger partial charge in [-0.05, 0) is 30.7 Å². The summed E-state index contributed by atoms with van der Waals surface area (Å²) in [6.45, 7) is 4.67. The van der Waals surface area contributed by atoms with Gasteiger partial charge in [0.25, 0.3) is 0 Å². The van der Waals surface area contributed by atoms with Gasteiger partial charge in [-0.25, -0.2) is 10.2 Å². The SMILES string of the molecule is Cc1ccccc1NC(=O)NN=C1CCN(Cc2ccccn2)CC1. The molecular formula is C19H23N5O. The molecular weight excluding hydrogens is 314 g/mol. The van der Waals surface area contributed by atoms with Gasteiger partial charge in [0.2, 0.25) is 0 Å². The number of likely N-dealkylation sites (tertiary alicyclic amines) is 1. The maximum atomic E-state index is 12.0. The van der Waals surface area contributed by atoms with Gasteiger partial charge in [-0.15, -0.1) is 0 Å². The smallest absolute Gasteiger partial charge is 0.306 e. The number of aryl methyl sites for hydroxylation is 1. The molecule has 1 fully saturated rings. The van der Waals surface area contributed by atoms with Crippen LogP contribution in [0.4, 0.5) is 10.5 Å². The molecule has 0 bridgehead atoms. The summed E-state index contributed by atoms with van der Waals surface area (Å²) < 4.78 is 0. The van der Waals surface area contributed by atoms with Crippen molar-refractivity contribution >= 4 is 17.4 Å². The first-order valence-electron chi connectivity index (χ1n) is 8.51. The number of anilines is 1. The van der Waals surface area contributed by atoms with Gasteiger partial charge < -0.3 is 5.32 Å². The molecule has 1 saturated heterocycles. The second-order valence-corrected chi connectivity index (χ2v) is 6.16. The Kier molecular flexibility index (Phi) is 5.74. The average Bonchev–Trinajstić information content (AvgIpc) is 2.64. The highest BCUT2D eigenvalue weighted by Crippen LogP contribution is 2.13. The fourth-order valence-electron chi connectivity index (χ4n) is 2.80. The van der Waals surface area contributed by atoms with Crippen LogP contribution >= 0.6 is 0 Å². The van der Waals surface area contributed by atoms with Crippen molar-refractivity contribution < 1.29 is 4.79 Å². The zero-order valence-electron chi connectivity index (χ0n) is 14.4. The topological polar surface area (TPSA) is 69.6 Å². The fourth-order valence-corrected chi connectivity index (χ4v) is 2.80. The Hall–Kier alpha value is -2.73. The maximum Gasteiger partial charge on any atom is 0.339 e. The molecule has 0 atom stereocenters. The minimum Gasteiger partial charge on any atom is -0.306 e. The molecule has 0 spiro atoms. The molecule has 6 heteroatoms. The average molecular weight is 337 g/mol. The zero-order valence-corrected chi connectivity index (χ0v) is 14.4. The number of hydrazone groups is 1. The lowest BCUT2D eigenvalue weighted by Gasteiger charge is -2.27. The van der Waals surface area contributed by atoms with Gasteiger partial charge in [-0.3, -0.25) is 9.88 Å². The van der Waals surface area contributed by atoms with Crippen LogP contribution in [-0.4, -0.2) is 34.7 Å². The summed E-state index contributed by atoms with van der Waals surface area (Å²) in [6.07, 6.45) is 3.54. The molecule has 0 aliphatic carbocycles. The van der Waals surface area contributed by atoms with E-state index in [-0.39, 0.29) is 6.03 Å². The molecule has 25 heavy (non-hydrogen) atoms. The first kappa shape index (κ1) is 17.1. The Morgan fingerprint density at radius 1 is 1.16 bits per heavy atom. The van der Waals surface area contributed by atoms with E-state index in [0.717, 1.165) is 55.1 Å². The summed E-state index contributed by atoms with van der Waals surface area (Å²) in [4.78, 5) is 18.7. The van der Waals surface area contributed by atoms with Crippen molar-refractivity contribution in [1.29, 1.82) is 0 Å². The predicted octanol–water partition coefficient (Wildman–Crippen LogP) is 3.16. The van der Waals surface area contributed by atoms with Crippen LogP contribution in [0.15, 0.2) is 53.8 Å². The molecule has 1 aromatic carbocycles. The highest BCUT2D eigenvalue weighted by molar-refractivity contribution is 5.92. The van der Waals surface area contributed by atoms with E-state index in [2.05, 4.69) is 25.7 Å². The van der Waals surface area contributed by atoms with E-state index in [0.29, 0.717) is 0 Å². The number of piperidine rings is 1. The first-order chi connectivity index (χ1) is 12.2. The lowest BCUT2D eigenvalue weighted by molar-refractivity contribution is 0.251. The molecule has 6 nitrogen and oxygen atoms in total. The monoisotopic (exact) mass is 337 g/mol. The fraction of sp³-hybridized carbons (Fsp3) is 0.316. The lowest BCUT2D eigenvalue weighted by Crippen LogP contribution is -2.35. The van der Waals surface area contributed by atoms with Gasteiger partial charge in [0.15, 0.2) is 0 Å². The molecule has 0 radical (unpaired) electrons. The quantitative estimate of drug-likeness (QED) is 0.842. The number of hydrogen-bond donors (Lipinski definition) is 2. The molecule has 2 aromatic rings. The standard InChI is InChI=1S/C19H23N5O/c1-15-6-2-3-8-18(15)21-19(25)23-22-16-9-12-24(13-10-16)14-17-7-4-5-11-20-17/h2-8,11H,9-10,12-14H2,1H3,(H2,21,23,25). The highest BCUT2D eigenvalue weighted by atomic mass is 16.2. The number of rotatable bonds is 4. The molecule has 130 valence electrons. The third kappa shape index (κ3) is 5.12. The Balaban J connectivity index is 1.45. The van der Waals surface area contributed by atoms with Crippen LogP contribution in [0.3, 0.4) is 0 Å². The Bertz CT molecular complexity index is 734. The number of amides is 2. The molecule has 2 amide bonds. The van der Waals surface area contributed by atoms with E-state index in [1.807, 2.05) is 55.6 Å². The van der Waals surface area contributed by atoms with Crippen LogP contribution in [0.1, 0.15) is 24.1 Å². The molecule has 2 N–H and O–H groups in total. The predicted molar refractivity (Wildman–Crippen MR) is 99.5 cm³/mol. The van der Waals surface area contributed by atoms with Gasteiger partial charge in [-0.2, -0.15) is 5.10 Å². The van der Waals surface area contributed by atoms with E-state index in [1.165, 1.54) is 0 Å². The zero-order chi connectivity index (χ0) is 17.5. The molecule has 1 aromatic heterocycles. The number of nitrogens with one attached hydrogen (secondary N) is 2. The van der Waals surface area contributed by atoms with Gasteiger partial charge in [-0.1, -0.05) is 24.3 Å². The summed E-state index contributed by atoms with van der Waals surface area (Å²) in [5.74, 6) is 0. The molecule has 0 saturated carbocycles. The summed E-state index contributed by atoms with van der Waals surface area (Å²) in [5.41, 5.74) is 6.52. The van der Waals surface area contributed by atoms with E-state index in [9.17, 15) is 4.79 Å². The number of nitrogens with zero attached hydrogens (tertiary/aromatic N) is 3. The number of urea groups is 1. The van der Waals surface area contributed by atoms with Crippen LogP contribution < -0.4 is 10.7 Å². The minimum absolute atomic E-state index is 0.308. The summed E-state index contributed by atoms with van der Waals surface area (Å²) >= 11 is 0. The van der Waals surface area contributed by atoms with Crippen LogP contribution in [-0.2, 0) is 6.54 Å². The van der Waals surface area contributed by atoms with Crippen LogP contribution in [0.5, 0.6) is 0 Å². The third-order valence-corrected chi connectivity index (χ3v) is 4.25. The summed E-state index contributed by atoms with van der Waals surface area (Å²) in [5, 5.41) is 7.08. The van der Waals surface area contributed by atoms with Gasteiger partial charge in [0.1, 0.15) is 0 Å². The molecule has 1 aliphatic heterocycles. The van der Waals surface area contributed by atoms with E-state index >= 15 is 0 Å². The van der Waals surface area contributed by atoms with E-state index in [1.54, 1.807) is 0 Å². The van der Waals surface area contributed by atoms with E-state index < -0.39 is 0 Å². The van der Waals surface area contributed by atoms with Gasteiger partial charge in [0, 0.05) is 50.1 Å². The normalized spacial score (nSPS) is 14.8. The molecule has 3 rings (SSSR count). The Morgan fingerprint density at radius 3 is 2.64 bits per heavy atom. The number of carbonyl (C=O) groups excluding carboxylic acids is 1. The minimum atomic E-state index is -0.308. The Labute approximate surface area is 148 Å². The van der Waals surface area contributed by atoms with Crippen molar-refractivity contribution in [3.05, 3.63) is 59.9 Å². The molecule has 1 aliphatic rings. The highest BCUT2D eigenvalue weighted by Gasteiger charge is 2.16. The van der Waals surface area contributed by atoms with Gasteiger partial charge in [0.05, 0.1) is 5.69 Å². The third-order valence-electron chi connectivity index (χ3n) is 4.25. The number of hydrogen-bond acceptors (Lipinski definition) is 4. The van der Waals surface area contributed by atoms with Crippen molar-refractivity contribution in [2.75, 3.05) is 18.4 Å². The number of aromatic nitrogens is 1. The lowest BCUT2D eigenvalue weighted by atomic mass is 10.1. The maximum absolute atomic E-state index is 12.0. The second kappa shape index (κ2) is 8.39. The number of benzene rings is 1. The van der Waals surface area contributed by atoms with Crippen molar-refractivity contribution in [2.24, 2.45) is 5.10 Å². The van der Waals surface area contributed by atoms with E-state index in [4.69, 9.17) is 0 Å². The summed E-state index contributed by atoms with van der Waals surface area (Å²) in [6, 6.07) is 13.3. The number of carbonyl (C=O) groups is 1. The van der Waals surface area contributed by atoms with Crippen molar-refractivity contribution in [2.45, 2.75) is 26.3 Å². The second-order valence-electron chi connectivity index (χ2n) is 6.16. The number of pyridine rings is 1.